The molecule has 4 heteroatoms. The van der Waals surface area contributed by atoms with Crippen molar-refractivity contribution in [3.63, 3.8) is 0 Å². The Morgan fingerprint density at radius 1 is 1.25 bits per heavy atom. The predicted octanol–water partition coefficient (Wildman–Crippen LogP) is 2.42. The molecule has 4 nitrogen and oxygen atoms in total. The average Bonchev–Trinajstić information content (AvgIpc) is 2.22. The van der Waals surface area contributed by atoms with Crippen LogP contribution in [0.5, 0.6) is 0 Å². The van der Waals surface area contributed by atoms with E-state index in [0.29, 0.717) is 10.8 Å². The van der Waals surface area contributed by atoms with E-state index in [9.17, 15) is 9.90 Å². The number of rotatable bonds is 5. The molecule has 114 valence electrons. The smallest absolute Gasteiger partial charge is 0.323 e. The summed E-state index contributed by atoms with van der Waals surface area (Å²) in [7, 11) is 1.57. The van der Waals surface area contributed by atoms with Gasteiger partial charge in [-0.2, -0.15) is 0 Å². The van der Waals surface area contributed by atoms with E-state index in [1.807, 2.05) is 0 Å². The molecule has 4 aliphatic carbocycles. The Morgan fingerprint density at radius 3 is 2.30 bits per heavy atom. The zero-order valence-corrected chi connectivity index (χ0v) is 12.9. The van der Waals surface area contributed by atoms with Crippen molar-refractivity contribution in [3.8, 4) is 0 Å². The maximum atomic E-state index is 11.4. The largest absolute Gasteiger partial charge is 0.480 e. The number of methoxy groups -OCH3 is 1. The van der Waals surface area contributed by atoms with Crippen molar-refractivity contribution in [2.24, 2.45) is 16.7 Å². The van der Waals surface area contributed by atoms with Gasteiger partial charge in [-0.3, -0.25) is 10.1 Å². The first-order chi connectivity index (χ1) is 9.27. The fraction of sp³-hybridized carbons (Fsp3) is 0.938. The Morgan fingerprint density at radius 2 is 1.85 bits per heavy atom. The van der Waals surface area contributed by atoms with Crippen molar-refractivity contribution < 1.29 is 14.6 Å². The van der Waals surface area contributed by atoms with Crippen molar-refractivity contribution >= 4 is 5.97 Å². The number of nitrogens with one attached hydrogen (secondary N) is 1. The molecular formula is C16H27NO3. The second kappa shape index (κ2) is 4.44. The number of carboxylic acids is 1. The van der Waals surface area contributed by atoms with Crippen LogP contribution >= 0.6 is 0 Å². The number of hydrogen-bond donors (Lipinski definition) is 2. The van der Waals surface area contributed by atoms with Crippen molar-refractivity contribution in [2.45, 2.75) is 64.0 Å². The first kappa shape index (κ1) is 14.3. The van der Waals surface area contributed by atoms with Crippen LogP contribution in [0.2, 0.25) is 0 Å². The molecule has 0 aromatic carbocycles. The summed E-state index contributed by atoms with van der Waals surface area (Å²) in [5, 5.41) is 12.9. The van der Waals surface area contributed by atoms with Crippen LogP contribution < -0.4 is 5.32 Å². The maximum absolute atomic E-state index is 11.4. The molecule has 4 saturated carbocycles. The van der Waals surface area contributed by atoms with E-state index in [4.69, 9.17) is 4.74 Å². The molecule has 3 atom stereocenters. The van der Waals surface area contributed by atoms with Gasteiger partial charge in [-0.05, 0) is 55.3 Å². The molecule has 0 amide bonds. The summed E-state index contributed by atoms with van der Waals surface area (Å²) in [6.07, 6.45) is 7.36. The second-order valence-electron chi connectivity index (χ2n) is 8.40. The SMILES string of the molecule is COCC(NC12CC3CC(C)(CC(C)(C3)C1)C2)C(=O)O. The van der Waals surface area contributed by atoms with Gasteiger partial charge in [0.1, 0.15) is 6.04 Å². The van der Waals surface area contributed by atoms with Gasteiger partial charge in [0.2, 0.25) is 0 Å². The highest BCUT2D eigenvalue weighted by Gasteiger charge is 2.60. The Balaban J connectivity index is 1.83. The van der Waals surface area contributed by atoms with E-state index in [0.717, 1.165) is 25.2 Å². The van der Waals surface area contributed by atoms with Crippen molar-refractivity contribution in [1.82, 2.24) is 5.32 Å². The van der Waals surface area contributed by atoms with Crippen LogP contribution in [0.15, 0.2) is 0 Å². The summed E-state index contributed by atoms with van der Waals surface area (Å²) in [4.78, 5) is 11.4. The Labute approximate surface area is 121 Å². The number of ether oxygens (including phenoxy) is 1. The topological polar surface area (TPSA) is 58.6 Å². The molecule has 0 spiro atoms. The highest BCUT2D eigenvalue weighted by molar-refractivity contribution is 5.73. The molecule has 4 rings (SSSR count). The lowest BCUT2D eigenvalue weighted by molar-refractivity contribution is -0.148. The molecule has 2 N–H and O–H groups in total. The Hall–Kier alpha value is -0.610. The molecule has 0 heterocycles. The van der Waals surface area contributed by atoms with Gasteiger partial charge in [0.25, 0.3) is 0 Å². The van der Waals surface area contributed by atoms with E-state index >= 15 is 0 Å². The highest BCUT2D eigenvalue weighted by Crippen LogP contribution is 2.66. The minimum atomic E-state index is -0.794. The molecule has 20 heavy (non-hydrogen) atoms. The zero-order valence-electron chi connectivity index (χ0n) is 12.9. The minimum Gasteiger partial charge on any atom is -0.480 e. The van der Waals surface area contributed by atoms with Crippen molar-refractivity contribution in [3.05, 3.63) is 0 Å². The van der Waals surface area contributed by atoms with Crippen LogP contribution in [0.3, 0.4) is 0 Å². The number of aliphatic carboxylic acids is 1. The molecule has 0 saturated heterocycles. The fourth-order valence-corrected chi connectivity index (χ4v) is 6.32. The lowest BCUT2D eigenvalue weighted by Gasteiger charge is -2.66. The molecule has 0 radical (unpaired) electrons. The number of carbonyl (C=O) groups is 1. The molecule has 4 fully saturated rings. The number of hydrogen-bond acceptors (Lipinski definition) is 3. The molecule has 3 unspecified atom stereocenters. The molecule has 0 aromatic rings. The molecular weight excluding hydrogens is 254 g/mol. The minimum absolute atomic E-state index is 0.0184. The quantitative estimate of drug-likeness (QED) is 0.812. The lowest BCUT2D eigenvalue weighted by atomic mass is 9.42. The van der Waals surface area contributed by atoms with E-state index < -0.39 is 12.0 Å². The molecule has 4 aliphatic rings. The van der Waals surface area contributed by atoms with Crippen molar-refractivity contribution in [1.29, 1.82) is 0 Å². The maximum Gasteiger partial charge on any atom is 0.323 e. The van der Waals surface area contributed by atoms with Crippen LogP contribution in [0, 0.1) is 16.7 Å². The first-order valence-corrected chi connectivity index (χ1v) is 7.77. The van der Waals surface area contributed by atoms with Crippen LogP contribution in [-0.4, -0.2) is 36.4 Å². The summed E-state index contributed by atoms with van der Waals surface area (Å²) >= 11 is 0. The average molecular weight is 281 g/mol. The standard InChI is InChI=1S/C16H27NO3/c1-14-4-11-5-15(2,8-14)10-16(6-11,9-14)17-12(7-20-3)13(18)19/h11-12,17H,4-10H2,1-3H3,(H,18,19). The normalized spacial score (nSPS) is 47.5. The summed E-state index contributed by atoms with van der Waals surface area (Å²) < 4.78 is 5.09. The fourth-order valence-electron chi connectivity index (χ4n) is 6.32. The van der Waals surface area contributed by atoms with Gasteiger partial charge in [-0.1, -0.05) is 13.8 Å². The van der Waals surface area contributed by atoms with Crippen LogP contribution in [0.4, 0.5) is 0 Å². The van der Waals surface area contributed by atoms with E-state index in [1.54, 1.807) is 7.11 Å². The third kappa shape index (κ3) is 2.37. The van der Waals surface area contributed by atoms with E-state index in [1.165, 1.54) is 19.3 Å². The summed E-state index contributed by atoms with van der Waals surface area (Å²) in [6, 6.07) is -0.580. The predicted molar refractivity (Wildman–Crippen MR) is 76.6 cm³/mol. The van der Waals surface area contributed by atoms with E-state index in [2.05, 4.69) is 19.2 Å². The van der Waals surface area contributed by atoms with Gasteiger partial charge in [-0.15, -0.1) is 0 Å². The lowest BCUT2D eigenvalue weighted by Crippen LogP contribution is -2.67. The van der Waals surface area contributed by atoms with Crippen LogP contribution in [0.25, 0.3) is 0 Å². The van der Waals surface area contributed by atoms with Crippen LogP contribution in [0.1, 0.15) is 52.4 Å². The third-order valence-corrected chi connectivity index (χ3v) is 5.74. The van der Waals surface area contributed by atoms with Gasteiger partial charge in [-0.25, -0.2) is 0 Å². The van der Waals surface area contributed by atoms with Gasteiger partial charge >= 0.3 is 5.97 Å². The molecule has 0 aliphatic heterocycles. The Kier molecular flexibility index (Phi) is 3.18. The van der Waals surface area contributed by atoms with Gasteiger partial charge in [0.15, 0.2) is 0 Å². The summed E-state index contributed by atoms with van der Waals surface area (Å²) in [5.74, 6) is -0.0244. The summed E-state index contributed by atoms with van der Waals surface area (Å²) in [6.45, 7) is 5.05. The molecule has 4 bridgehead atoms. The summed E-state index contributed by atoms with van der Waals surface area (Å²) in [5.41, 5.74) is 0.819. The monoisotopic (exact) mass is 281 g/mol. The zero-order chi connectivity index (χ0) is 14.6. The first-order valence-electron chi connectivity index (χ1n) is 7.77. The van der Waals surface area contributed by atoms with Gasteiger partial charge < -0.3 is 9.84 Å². The van der Waals surface area contributed by atoms with Crippen molar-refractivity contribution in [2.75, 3.05) is 13.7 Å². The van der Waals surface area contributed by atoms with Gasteiger partial charge in [0, 0.05) is 12.6 Å². The second-order valence-corrected chi connectivity index (χ2v) is 8.40. The third-order valence-electron chi connectivity index (χ3n) is 5.74. The highest BCUT2D eigenvalue weighted by atomic mass is 16.5. The number of carboxylic acid groups (broad SMARTS) is 1. The van der Waals surface area contributed by atoms with E-state index in [-0.39, 0.29) is 12.1 Å². The van der Waals surface area contributed by atoms with Gasteiger partial charge in [0.05, 0.1) is 6.61 Å². The van der Waals surface area contributed by atoms with Crippen LogP contribution in [-0.2, 0) is 9.53 Å². The Bertz CT molecular complexity index is 404. The molecule has 0 aromatic heterocycles.